The second-order valence-electron chi connectivity index (χ2n) is 7.98. The highest BCUT2D eigenvalue weighted by molar-refractivity contribution is 7.18. The van der Waals surface area contributed by atoms with Crippen LogP contribution < -0.4 is 16.8 Å². The quantitative estimate of drug-likeness (QED) is 0.587. The van der Waals surface area contributed by atoms with Crippen molar-refractivity contribution in [1.82, 2.24) is 10.3 Å². The van der Waals surface area contributed by atoms with Gasteiger partial charge in [0, 0.05) is 23.9 Å². The second kappa shape index (κ2) is 9.41. The largest absolute Gasteiger partial charge is 0.368 e. The number of carbonyl (C=O) groups excluding carboxylic acids is 2. The number of nitrogens with zero attached hydrogens (tertiary/aromatic N) is 1. The van der Waals surface area contributed by atoms with Crippen molar-refractivity contribution in [3.8, 4) is 0 Å². The first-order valence-corrected chi connectivity index (χ1v) is 11.4. The van der Waals surface area contributed by atoms with Crippen LogP contribution in [0.3, 0.4) is 0 Å². The average Bonchev–Trinajstić information content (AvgIpc) is 3.09. The number of hydrogen-bond acceptors (Lipinski definition) is 5. The molecule has 0 radical (unpaired) electrons. The lowest BCUT2D eigenvalue weighted by Crippen LogP contribution is -2.68. The first kappa shape index (κ1) is 22.0. The van der Waals surface area contributed by atoms with Crippen LogP contribution in [0.15, 0.2) is 18.2 Å². The maximum Gasteiger partial charge on any atom is 0.245 e. The molecular formula is C21H29ClN4O2S. The van der Waals surface area contributed by atoms with Gasteiger partial charge in [-0.15, -0.1) is 11.3 Å². The highest BCUT2D eigenvalue weighted by Gasteiger charge is 2.45. The summed E-state index contributed by atoms with van der Waals surface area (Å²) in [6, 6.07) is 4.89. The SMILES string of the molecule is CCC(=O)NC(Cc1nc2ccc(Cl)cc2s1)(C(N)=O)[C@@H](N)CC1CCCCC1. The van der Waals surface area contributed by atoms with Crippen LogP contribution in [-0.4, -0.2) is 28.4 Å². The standard InChI is InChI=1S/C21H29ClN4O2S/c1-2-18(27)26-21(20(24)28,17(23)10-13-6-4-3-5-7-13)12-19-25-15-9-8-14(22)11-16(15)29-19/h8-9,11,13,17H,2-7,10,12,23H2,1H3,(H2,24,28)(H,26,27)/t17-,21?/m0/s1. The number of thiazole rings is 1. The Morgan fingerprint density at radius 1 is 1.34 bits per heavy atom. The van der Waals surface area contributed by atoms with E-state index in [1.807, 2.05) is 12.1 Å². The Bertz CT molecular complexity index is 881. The van der Waals surface area contributed by atoms with E-state index >= 15 is 0 Å². The van der Waals surface area contributed by atoms with E-state index in [2.05, 4.69) is 10.3 Å². The van der Waals surface area contributed by atoms with Gasteiger partial charge in [0.05, 0.1) is 15.2 Å². The molecule has 2 atom stereocenters. The van der Waals surface area contributed by atoms with Crippen LogP contribution in [0.4, 0.5) is 0 Å². The van der Waals surface area contributed by atoms with Crippen LogP contribution in [0, 0.1) is 5.92 Å². The number of rotatable bonds is 8. The Kier molecular flexibility index (Phi) is 7.14. The van der Waals surface area contributed by atoms with Crippen molar-refractivity contribution in [2.45, 2.75) is 69.9 Å². The summed E-state index contributed by atoms with van der Waals surface area (Å²) in [6.07, 6.45) is 6.90. The van der Waals surface area contributed by atoms with Gasteiger partial charge in [-0.3, -0.25) is 9.59 Å². The summed E-state index contributed by atoms with van der Waals surface area (Å²) < 4.78 is 0.925. The zero-order chi connectivity index (χ0) is 21.0. The number of benzene rings is 1. The average molecular weight is 437 g/mol. The lowest BCUT2D eigenvalue weighted by atomic mass is 9.77. The third-order valence-electron chi connectivity index (χ3n) is 5.89. The fourth-order valence-electron chi connectivity index (χ4n) is 4.18. The van der Waals surface area contributed by atoms with E-state index in [9.17, 15) is 9.59 Å². The van der Waals surface area contributed by atoms with Crippen LogP contribution in [0.25, 0.3) is 10.2 Å². The number of carbonyl (C=O) groups is 2. The van der Waals surface area contributed by atoms with Gasteiger partial charge in [-0.2, -0.15) is 0 Å². The number of fused-ring (bicyclic) bond motifs is 1. The summed E-state index contributed by atoms with van der Waals surface area (Å²) >= 11 is 7.53. The van der Waals surface area contributed by atoms with E-state index in [1.165, 1.54) is 30.6 Å². The monoisotopic (exact) mass is 436 g/mol. The Morgan fingerprint density at radius 2 is 2.07 bits per heavy atom. The zero-order valence-corrected chi connectivity index (χ0v) is 18.3. The van der Waals surface area contributed by atoms with Gasteiger partial charge >= 0.3 is 0 Å². The molecule has 1 heterocycles. The van der Waals surface area contributed by atoms with Crippen LogP contribution in [-0.2, 0) is 16.0 Å². The minimum Gasteiger partial charge on any atom is -0.368 e. The van der Waals surface area contributed by atoms with Gasteiger partial charge in [0.1, 0.15) is 5.54 Å². The van der Waals surface area contributed by atoms with Gasteiger partial charge in [0.15, 0.2) is 0 Å². The van der Waals surface area contributed by atoms with Gasteiger partial charge < -0.3 is 16.8 Å². The summed E-state index contributed by atoms with van der Waals surface area (Å²) in [4.78, 5) is 29.7. The molecule has 1 fully saturated rings. The van der Waals surface area contributed by atoms with Gasteiger partial charge in [-0.05, 0) is 30.5 Å². The molecule has 0 spiro atoms. The molecule has 1 aromatic carbocycles. The van der Waals surface area contributed by atoms with Gasteiger partial charge in [-0.25, -0.2) is 4.98 Å². The Hall–Kier alpha value is -1.70. The Balaban J connectivity index is 1.92. The van der Waals surface area contributed by atoms with Crippen LogP contribution in [0.5, 0.6) is 0 Å². The molecule has 0 bridgehead atoms. The van der Waals surface area contributed by atoms with E-state index in [-0.39, 0.29) is 18.7 Å². The van der Waals surface area contributed by atoms with Crippen molar-refractivity contribution in [1.29, 1.82) is 0 Å². The van der Waals surface area contributed by atoms with Crippen molar-refractivity contribution in [2.24, 2.45) is 17.4 Å². The molecule has 1 saturated carbocycles. The predicted octanol–water partition coefficient (Wildman–Crippen LogP) is 3.54. The fraction of sp³-hybridized carbons (Fsp3) is 0.571. The number of primary amides is 1. The maximum atomic E-state index is 12.7. The molecule has 3 rings (SSSR count). The molecule has 1 aliphatic carbocycles. The summed E-state index contributed by atoms with van der Waals surface area (Å²) in [7, 11) is 0. The number of nitrogens with two attached hydrogens (primary N) is 2. The molecule has 0 saturated heterocycles. The van der Waals surface area contributed by atoms with Gasteiger partial charge in [0.25, 0.3) is 0 Å². The lowest BCUT2D eigenvalue weighted by molar-refractivity contribution is -0.132. The van der Waals surface area contributed by atoms with E-state index < -0.39 is 17.5 Å². The molecule has 0 aliphatic heterocycles. The van der Waals surface area contributed by atoms with E-state index in [0.717, 1.165) is 23.1 Å². The third-order valence-corrected chi connectivity index (χ3v) is 7.15. The molecule has 6 nitrogen and oxygen atoms in total. The van der Waals surface area contributed by atoms with Crippen LogP contribution >= 0.6 is 22.9 Å². The third kappa shape index (κ3) is 5.08. The smallest absolute Gasteiger partial charge is 0.245 e. The topological polar surface area (TPSA) is 111 Å². The van der Waals surface area contributed by atoms with Gasteiger partial charge in [0.2, 0.25) is 11.8 Å². The van der Waals surface area contributed by atoms with E-state index in [4.69, 9.17) is 23.1 Å². The second-order valence-corrected chi connectivity index (χ2v) is 9.53. The first-order chi connectivity index (χ1) is 13.8. The van der Waals surface area contributed by atoms with Gasteiger partial charge in [-0.1, -0.05) is 50.6 Å². The van der Waals surface area contributed by atoms with Crippen molar-refractivity contribution >= 4 is 45.0 Å². The maximum absolute atomic E-state index is 12.7. The molecule has 29 heavy (non-hydrogen) atoms. The van der Waals surface area contributed by atoms with Crippen molar-refractivity contribution in [3.63, 3.8) is 0 Å². The van der Waals surface area contributed by atoms with Crippen molar-refractivity contribution in [3.05, 3.63) is 28.2 Å². The van der Waals surface area contributed by atoms with Crippen LogP contribution in [0.2, 0.25) is 5.02 Å². The highest BCUT2D eigenvalue weighted by Crippen LogP contribution is 2.32. The number of halogens is 1. The van der Waals surface area contributed by atoms with Crippen molar-refractivity contribution < 1.29 is 9.59 Å². The highest BCUT2D eigenvalue weighted by atomic mass is 35.5. The van der Waals surface area contributed by atoms with E-state index in [1.54, 1.807) is 13.0 Å². The molecule has 2 aromatic rings. The Morgan fingerprint density at radius 3 is 2.72 bits per heavy atom. The number of hydrogen-bond donors (Lipinski definition) is 3. The number of nitrogens with one attached hydrogen (secondary N) is 1. The Labute approximate surface area is 180 Å². The summed E-state index contributed by atoms with van der Waals surface area (Å²) in [6.45, 7) is 1.74. The summed E-state index contributed by atoms with van der Waals surface area (Å²) in [5, 5.41) is 4.21. The predicted molar refractivity (Wildman–Crippen MR) is 118 cm³/mol. The molecule has 1 unspecified atom stereocenters. The number of amides is 2. The molecule has 158 valence electrons. The minimum atomic E-state index is -1.36. The fourth-order valence-corrected chi connectivity index (χ4v) is 5.52. The molecule has 5 N–H and O–H groups in total. The summed E-state index contributed by atoms with van der Waals surface area (Å²) in [5.41, 5.74) is 11.9. The summed E-state index contributed by atoms with van der Waals surface area (Å²) in [5.74, 6) is -0.405. The number of aromatic nitrogens is 1. The molecular weight excluding hydrogens is 408 g/mol. The van der Waals surface area contributed by atoms with Crippen LogP contribution in [0.1, 0.15) is 56.9 Å². The normalized spacial score (nSPS) is 18.3. The molecule has 2 amide bonds. The zero-order valence-electron chi connectivity index (χ0n) is 16.7. The lowest BCUT2D eigenvalue weighted by Gasteiger charge is -2.38. The van der Waals surface area contributed by atoms with E-state index in [0.29, 0.717) is 22.4 Å². The molecule has 1 aromatic heterocycles. The minimum absolute atomic E-state index is 0.179. The first-order valence-electron chi connectivity index (χ1n) is 10.3. The van der Waals surface area contributed by atoms with Crippen molar-refractivity contribution in [2.75, 3.05) is 0 Å². The molecule has 8 heteroatoms. The molecule has 1 aliphatic rings.